The van der Waals surface area contributed by atoms with Gasteiger partial charge in [0.2, 0.25) is 5.91 Å². The molecule has 0 saturated carbocycles. The van der Waals surface area contributed by atoms with Gasteiger partial charge in [0.15, 0.2) is 0 Å². The zero-order valence-corrected chi connectivity index (χ0v) is 12.8. The van der Waals surface area contributed by atoms with E-state index in [9.17, 15) is 18.0 Å². The second-order valence-corrected chi connectivity index (χ2v) is 8.41. The minimum Gasteiger partial charge on any atom is -0.480 e. The van der Waals surface area contributed by atoms with E-state index in [2.05, 4.69) is 0 Å². The summed E-state index contributed by atoms with van der Waals surface area (Å²) in [6.45, 7) is 3.83. The van der Waals surface area contributed by atoms with Crippen LogP contribution in [-0.2, 0) is 19.4 Å². The van der Waals surface area contributed by atoms with Gasteiger partial charge in [-0.25, -0.2) is 13.2 Å². The molecule has 0 spiro atoms. The van der Waals surface area contributed by atoms with Gasteiger partial charge >= 0.3 is 5.97 Å². The van der Waals surface area contributed by atoms with E-state index in [1.807, 2.05) is 13.8 Å². The lowest BCUT2D eigenvalue weighted by Crippen LogP contribution is -2.47. The molecule has 0 aromatic carbocycles. The first-order chi connectivity index (χ1) is 8.63. The lowest BCUT2D eigenvalue weighted by molar-refractivity contribution is -0.149. The van der Waals surface area contributed by atoms with E-state index in [0.717, 1.165) is 6.26 Å². The molecule has 1 rings (SSSR count). The fraction of sp³-hybridized carbons (Fsp3) is 0.818. The highest BCUT2D eigenvalue weighted by Crippen LogP contribution is 2.34. The Labute approximate surface area is 117 Å². The van der Waals surface area contributed by atoms with E-state index in [-0.39, 0.29) is 23.5 Å². The summed E-state index contributed by atoms with van der Waals surface area (Å²) in [5, 5.41) is 8.93. The Hall–Kier alpha value is -0.760. The Morgan fingerprint density at radius 3 is 2.42 bits per heavy atom. The van der Waals surface area contributed by atoms with Gasteiger partial charge < -0.3 is 10.0 Å². The summed E-state index contributed by atoms with van der Waals surface area (Å²) in [4.78, 5) is 24.6. The van der Waals surface area contributed by atoms with Crippen molar-refractivity contribution >= 4 is 33.5 Å². The molecule has 0 bridgehead atoms. The Morgan fingerprint density at radius 1 is 1.42 bits per heavy atom. The molecule has 1 heterocycles. The number of amides is 1. The second-order valence-electron chi connectivity index (χ2n) is 5.00. The Morgan fingerprint density at radius 2 is 2.00 bits per heavy atom. The first kappa shape index (κ1) is 16.3. The average molecular weight is 309 g/mol. The van der Waals surface area contributed by atoms with Crippen molar-refractivity contribution in [2.75, 3.05) is 17.8 Å². The normalized spacial score (nSPS) is 23.9. The number of rotatable bonds is 5. The highest BCUT2D eigenvalue weighted by atomic mass is 32.2. The number of thioether (sulfide) groups is 1. The SMILES string of the molecule is CC(C)C1SCC(C(=O)O)N1C(=O)CCS(C)(=O)=O. The number of carboxylic acids is 1. The van der Waals surface area contributed by atoms with Crippen molar-refractivity contribution in [2.24, 2.45) is 5.92 Å². The van der Waals surface area contributed by atoms with E-state index in [1.165, 1.54) is 16.7 Å². The van der Waals surface area contributed by atoms with Gasteiger partial charge in [-0.2, -0.15) is 0 Å². The van der Waals surface area contributed by atoms with Crippen molar-refractivity contribution in [2.45, 2.75) is 31.7 Å². The summed E-state index contributed by atoms with van der Waals surface area (Å²) in [7, 11) is -3.23. The number of hydrogen-bond acceptors (Lipinski definition) is 5. The average Bonchev–Trinajstić information content (AvgIpc) is 2.69. The van der Waals surface area contributed by atoms with Crippen molar-refractivity contribution in [3.8, 4) is 0 Å². The van der Waals surface area contributed by atoms with Crippen molar-refractivity contribution in [3.05, 3.63) is 0 Å². The van der Waals surface area contributed by atoms with Crippen LogP contribution < -0.4 is 0 Å². The van der Waals surface area contributed by atoms with Crippen LogP contribution in [0.1, 0.15) is 20.3 Å². The number of carbonyl (C=O) groups excluding carboxylic acids is 1. The third-order valence-electron chi connectivity index (χ3n) is 2.86. The van der Waals surface area contributed by atoms with E-state index >= 15 is 0 Å². The third kappa shape index (κ3) is 4.38. The van der Waals surface area contributed by atoms with Crippen molar-refractivity contribution < 1.29 is 23.1 Å². The van der Waals surface area contributed by atoms with E-state index < -0.39 is 27.8 Å². The lowest BCUT2D eigenvalue weighted by atomic mass is 10.1. The van der Waals surface area contributed by atoms with Crippen molar-refractivity contribution in [1.82, 2.24) is 4.90 Å². The van der Waals surface area contributed by atoms with Gasteiger partial charge in [0.25, 0.3) is 0 Å². The number of sulfone groups is 1. The van der Waals surface area contributed by atoms with E-state index in [1.54, 1.807) is 0 Å². The van der Waals surface area contributed by atoms with E-state index in [0.29, 0.717) is 5.75 Å². The molecule has 19 heavy (non-hydrogen) atoms. The Bertz CT molecular complexity index is 460. The molecule has 1 fully saturated rings. The molecule has 2 unspecified atom stereocenters. The summed E-state index contributed by atoms with van der Waals surface area (Å²) < 4.78 is 22.2. The van der Waals surface area contributed by atoms with Gasteiger partial charge in [0, 0.05) is 18.4 Å². The van der Waals surface area contributed by atoms with Crippen LogP contribution in [0.3, 0.4) is 0 Å². The largest absolute Gasteiger partial charge is 0.480 e. The maximum atomic E-state index is 12.1. The molecule has 110 valence electrons. The predicted octanol–water partition coefficient (Wildman–Crippen LogP) is 0.432. The van der Waals surface area contributed by atoms with Gasteiger partial charge in [-0.3, -0.25) is 4.79 Å². The number of aliphatic carboxylic acids is 1. The Balaban J connectivity index is 2.83. The molecule has 1 amide bonds. The first-order valence-corrected chi connectivity index (χ1v) is 9.07. The van der Waals surface area contributed by atoms with Crippen molar-refractivity contribution in [3.63, 3.8) is 0 Å². The fourth-order valence-electron chi connectivity index (χ4n) is 1.95. The van der Waals surface area contributed by atoms with Crippen LogP contribution in [0.4, 0.5) is 0 Å². The first-order valence-electron chi connectivity index (χ1n) is 5.97. The fourth-order valence-corrected chi connectivity index (χ4v) is 3.99. The number of hydrogen-bond donors (Lipinski definition) is 1. The number of carboxylic acid groups (broad SMARTS) is 1. The van der Waals surface area contributed by atoms with Crippen LogP contribution in [0.2, 0.25) is 0 Å². The predicted molar refractivity (Wildman–Crippen MR) is 73.7 cm³/mol. The number of carbonyl (C=O) groups is 2. The third-order valence-corrected chi connectivity index (χ3v) is 5.43. The second kappa shape index (κ2) is 6.13. The summed E-state index contributed by atoms with van der Waals surface area (Å²) in [5.41, 5.74) is 0. The summed E-state index contributed by atoms with van der Waals surface area (Å²) >= 11 is 1.43. The maximum Gasteiger partial charge on any atom is 0.327 e. The monoisotopic (exact) mass is 309 g/mol. The van der Waals surface area contributed by atoms with Gasteiger partial charge in [0.05, 0.1) is 11.1 Å². The highest BCUT2D eigenvalue weighted by molar-refractivity contribution is 8.00. The minimum absolute atomic E-state index is 0.122. The van der Waals surface area contributed by atoms with Gasteiger partial charge in [0.1, 0.15) is 15.9 Å². The molecule has 8 heteroatoms. The van der Waals surface area contributed by atoms with Gasteiger partial charge in [-0.1, -0.05) is 13.8 Å². The standard InChI is InChI=1S/C11H19NO5S2/c1-7(2)10-12(8(6-18-10)11(14)15)9(13)4-5-19(3,16)17/h7-8,10H,4-6H2,1-3H3,(H,14,15). The summed E-state index contributed by atoms with van der Waals surface area (Å²) in [6.07, 6.45) is 0.903. The zero-order valence-electron chi connectivity index (χ0n) is 11.2. The van der Waals surface area contributed by atoms with Crippen molar-refractivity contribution in [1.29, 1.82) is 0 Å². The summed E-state index contributed by atoms with van der Waals surface area (Å²) in [6, 6.07) is -0.857. The molecule has 0 aromatic heterocycles. The minimum atomic E-state index is -3.23. The highest BCUT2D eigenvalue weighted by Gasteiger charge is 2.42. The molecule has 1 aliphatic rings. The molecule has 1 N–H and O–H groups in total. The molecule has 1 aliphatic heterocycles. The van der Waals surface area contributed by atoms with Crippen LogP contribution in [0.5, 0.6) is 0 Å². The molecule has 1 saturated heterocycles. The van der Waals surface area contributed by atoms with Crippen LogP contribution in [0.15, 0.2) is 0 Å². The molecule has 0 aromatic rings. The maximum absolute atomic E-state index is 12.1. The van der Waals surface area contributed by atoms with Crippen LogP contribution in [-0.4, -0.2) is 59.5 Å². The Kier molecular flexibility index (Phi) is 5.26. The molecular formula is C11H19NO5S2. The van der Waals surface area contributed by atoms with Crippen LogP contribution >= 0.6 is 11.8 Å². The van der Waals surface area contributed by atoms with E-state index in [4.69, 9.17) is 5.11 Å². The summed E-state index contributed by atoms with van der Waals surface area (Å²) in [5.74, 6) is -1.21. The molecule has 2 atom stereocenters. The molecular weight excluding hydrogens is 290 g/mol. The molecule has 0 aliphatic carbocycles. The topological polar surface area (TPSA) is 91.8 Å². The lowest BCUT2D eigenvalue weighted by Gasteiger charge is -2.29. The van der Waals surface area contributed by atoms with Gasteiger partial charge in [-0.15, -0.1) is 11.8 Å². The zero-order chi connectivity index (χ0) is 14.8. The quantitative estimate of drug-likeness (QED) is 0.792. The van der Waals surface area contributed by atoms with Crippen LogP contribution in [0.25, 0.3) is 0 Å². The smallest absolute Gasteiger partial charge is 0.327 e. The van der Waals surface area contributed by atoms with Crippen LogP contribution in [0, 0.1) is 5.92 Å². The molecule has 0 radical (unpaired) electrons. The van der Waals surface area contributed by atoms with Gasteiger partial charge in [-0.05, 0) is 5.92 Å². The molecule has 6 nitrogen and oxygen atoms in total. The number of nitrogens with zero attached hydrogens (tertiary/aromatic N) is 1.